The van der Waals surface area contributed by atoms with Crippen molar-refractivity contribution in [2.45, 2.75) is 0 Å². The Morgan fingerprint density at radius 2 is 1.15 bits per heavy atom. The van der Waals surface area contributed by atoms with Gasteiger partial charge in [-0.15, -0.1) is 0 Å². The van der Waals surface area contributed by atoms with E-state index in [1.165, 1.54) is 38.1 Å². The third-order valence-electron chi connectivity index (χ3n) is 10.9. The highest BCUT2D eigenvalue weighted by molar-refractivity contribution is 6.21. The largest absolute Gasteiger partial charge is 0.454 e. The average molecular weight is 704 g/mol. The minimum absolute atomic E-state index is 0.799. The van der Waals surface area contributed by atoms with Gasteiger partial charge in [0.1, 0.15) is 5.58 Å². The topological polar surface area (TPSA) is 34.2 Å². The molecule has 0 spiro atoms. The fraction of sp³-hybridized carbons (Fsp3) is 0. The van der Waals surface area contributed by atoms with E-state index in [1.54, 1.807) is 6.20 Å². The van der Waals surface area contributed by atoms with Crippen molar-refractivity contribution in [1.29, 1.82) is 0 Å². The highest BCUT2D eigenvalue weighted by atomic mass is 16.3. The maximum atomic E-state index is 6.14. The van der Waals surface area contributed by atoms with Crippen LogP contribution in [-0.2, 0) is 0 Å². The number of para-hydroxylation sites is 2. The van der Waals surface area contributed by atoms with Gasteiger partial charge in [0, 0.05) is 50.5 Å². The van der Waals surface area contributed by atoms with Gasteiger partial charge >= 0.3 is 0 Å². The average Bonchev–Trinajstić information content (AvgIpc) is 3.81. The molecule has 0 radical (unpaired) electrons. The molecule has 0 aliphatic heterocycles. The Labute approximate surface area is 317 Å². The second kappa shape index (κ2) is 12.6. The molecule has 0 amide bonds. The summed E-state index contributed by atoms with van der Waals surface area (Å²) in [5, 5.41) is 7.28. The van der Waals surface area contributed by atoms with E-state index < -0.39 is 0 Å². The van der Waals surface area contributed by atoms with Gasteiger partial charge in [0.15, 0.2) is 5.58 Å². The lowest BCUT2D eigenvalue weighted by Gasteiger charge is -2.26. The molecular formula is C51H33N3O. The molecule has 0 saturated carbocycles. The van der Waals surface area contributed by atoms with Crippen molar-refractivity contribution in [3.63, 3.8) is 0 Å². The zero-order valence-electron chi connectivity index (χ0n) is 29.8. The molecule has 0 aliphatic rings. The van der Waals surface area contributed by atoms with E-state index in [4.69, 9.17) is 4.42 Å². The molecule has 258 valence electrons. The minimum atomic E-state index is 0.799. The lowest BCUT2D eigenvalue weighted by molar-refractivity contribution is 0.667. The van der Waals surface area contributed by atoms with E-state index in [1.807, 2.05) is 18.3 Å². The molecule has 0 N–H and O–H groups in total. The van der Waals surface area contributed by atoms with Crippen molar-refractivity contribution in [2.75, 3.05) is 4.90 Å². The molecule has 11 aromatic rings. The van der Waals surface area contributed by atoms with E-state index in [0.29, 0.717) is 0 Å². The first-order valence-electron chi connectivity index (χ1n) is 18.6. The molecule has 3 heterocycles. The van der Waals surface area contributed by atoms with Crippen LogP contribution >= 0.6 is 0 Å². The summed E-state index contributed by atoms with van der Waals surface area (Å²) in [5.74, 6) is 0. The van der Waals surface area contributed by atoms with Crippen molar-refractivity contribution < 1.29 is 4.42 Å². The van der Waals surface area contributed by atoms with Crippen LogP contribution in [0.1, 0.15) is 0 Å². The minimum Gasteiger partial charge on any atom is -0.454 e. The van der Waals surface area contributed by atoms with E-state index in [9.17, 15) is 0 Å². The van der Waals surface area contributed by atoms with Gasteiger partial charge in [-0.05, 0) is 106 Å². The first-order chi connectivity index (χ1) is 27.3. The first-order valence-corrected chi connectivity index (χ1v) is 18.6. The van der Waals surface area contributed by atoms with Crippen molar-refractivity contribution in [1.82, 2.24) is 9.55 Å². The molecule has 0 bridgehead atoms. The van der Waals surface area contributed by atoms with E-state index in [-0.39, 0.29) is 0 Å². The Morgan fingerprint density at radius 1 is 0.436 bits per heavy atom. The Bertz CT molecular complexity index is 3190. The number of benzene rings is 8. The molecular weight excluding hydrogens is 671 g/mol. The Hall–Kier alpha value is -7.43. The van der Waals surface area contributed by atoms with Gasteiger partial charge in [-0.25, -0.2) is 0 Å². The fourth-order valence-corrected chi connectivity index (χ4v) is 8.38. The third-order valence-corrected chi connectivity index (χ3v) is 10.9. The summed E-state index contributed by atoms with van der Waals surface area (Å²) in [5.41, 5.74) is 13.1. The van der Waals surface area contributed by atoms with Gasteiger partial charge < -0.3 is 13.9 Å². The number of pyridine rings is 1. The smallest absolute Gasteiger partial charge is 0.153 e. The molecule has 55 heavy (non-hydrogen) atoms. The Morgan fingerprint density at radius 3 is 1.98 bits per heavy atom. The number of anilines is 3. The fourth-order valence-electron chi connectivity index (χ4n) is 8.38. The van der Waals surface area contributed by atoms with Crippen LogP contribution < -0.4 is 4.90 Å². The van der Waals surface area contributed by atoms with Crippen LogP contribution in [0.2, 0.25) is 0 Å². The molecule has 0 unspecified atom stereocenters. The summed E-state index contributed by atoms with van der Waals surface area (Å²) >= 11 is 0. The van der Waals surface area contributed by atoms with Crippen LogP contribution in [0.4, 0.5) is 17.1 Å². The number of aromatic nitrogens is 2. The van der Waals surface area contributed by atoms with Crippen LogP contribution in [0.15, 0.2) is 205 Å². The molecule has 0 saturated heterocycles. The number of furan rings is 1. The molecule has 0 atom stereocenters. The van der Waals surface area contributed by atoms with Gasteiger partial charge in [0.05, 0.1) is 17.2 Å². The number of nitrogens with zero attached hydrogens (tertiary/aromatic N) is 3. The molecule has 4 heteroatoms. The summed E-state index contributed by atoms with van der Waals surface area (Å²) in [6.07, 6.45) is 3.61. The predicted octanol–water partition coefficient (Wildman–Crippen LogP) is 14.0. The molecule has 3 aromatic heterocycles. The highest BCUT2D eigenvalue weighted by Crippen LogP contribution is 2.41. The summed E-state index contributed by atoms with van der Waals surface area (Å²) in [6, 6.07) is 67.4. The summed E-state index contributed by atoms with van der Waals surface area (Å²) in [4.78, 5) is 6.58. The van der Waals surface area contributed by atoms with Gasteiger partial charge in [-0.3, -0.25) is 4.98 Å². The Balaban J connectivity index is 0.968. The molecule has 4 nitrogen and oxygen atoms in total. The third kappa shape index (κ3) is 5.11. The zero-order chi connectivity index (χ0) is 36.3. The zero-order valence-corrected chi connectivity index (χ0v) is 29.8. The molecule has 0 fully saturated rings. The van der Waals surface area contributed by atoms with Gasteiger partial charge in [0.2, 0.25) is 0 Å². The Kier molecular flexibility index (Phi) is 7.14. The highest BCUT2D eigenvalue weighted by Gasteiger charge is 2.17. The van der Waals surface area contributed by atoms with Crippen LogP contribution in [-0.4, -0.2) is 9.55 Å². The van der Waals surface area contributed by atoms with E-state index in [0.717, 1.165) is 61.4 Å². The summed E-state index contributed by atoms with van der Waals surface area (Å²) in [7, 11) is 0. The normalized spacial score (nSPS) is 11.6. The van der Waals surface area contributed by atoms with E-state index in [2.05, 4.69) is 190 Å². The molecule has 8 aromatic carbocycles. The number of hydrogen-bond acceptors (Lipinski definition) is 3. The van der Waals surface area contributed by atoms with Crippen molar-refractivity contribution >= 4 is 71.6 Å². The monoisotopic (exact) mass is 703 g/mol. The summed E-state index contributed by atoms with van der Waals surface area (Å²) in [6.45, 7) is 0. The molecule has 0 aliphatic carbocycles. The van der Waals surface area contributed by atoms with Crippen molar-refractivity contribution in [3.05, 3.63) is 200 Å². The van der Waals surface area contributed by atoms with Gasteiger partial charge in [-0.1, -0.05) is 115 Å². The van der Waals surface area contributed by atoms with Crippen molar-refractivity contribution in [3.8, 4) is 27.9 Å². The van der Waals surface area contributed by atoms with Crippen molar-refractivity contribution in [2.24, 2.45) is 0 Å². The number of hydrogen-bond donors (Lipinski definition) is 0. The maximum Gasteiger partial charge on any atom is 0.153 e. The predicted molar refractivity (Wildman–Crippen MR) is 229 cm³/mol. The first kappa shape index (κ1) is 31.1. The van der Waals surface area contributed by atoms with Crippen LogP contribution in [0.5, 0.6) is 0 Å². The quantitative estimate of drug-likeness (QED) is 0.173. The van der Waals surface area contributed by atoms with Gasteiger partial charge in [-0.2, -0.15) is 0 Å². The maximum absolute atomic E-state index is 6.14. The van der Waals surface area contributed by atoms with Crippen LogP contribution in [0, 0.1) is 0 Å². The molecule has 11 rings (SSSR count). The second-order valence-electron chi connectivity index (χ2n) is 14.0. The van der Waals surface area contributed by atoms with Crippen LogP contribution in [0.3, 0.4) is 0 Å². The second-order valence-corrected chi connectivity index (χ2v) is 14.0. The van der Waals surface area contributed by atoms with Gasteiger partial charge in [0.25, 0.3) is 0 Å². The lowest BCUT2D eigenvalue weighted by Crippen LogP contribution is -2.09. The van der Waals surface area contributed by atoms with Crippen LogP contribution in [0.25, 0.3) is 82.5 Å². The number of rotatable bonds is 6. The number of fused-ring (bicyclic) bond motifs is 8. The SMILES string of the molecule is c1ccc(N(c2ccc(-c3cccc(-n4c5ccccc5c5c6ccccc6ccc54)c3)cc2)c2ccc(-c3cccc4oc5cnccc5c34)cc2)cc1. The van der Waals surface area contributed by atoms with E-state index >= 15 is 0 Å². The lowest BCUT2D eigenvalue weighted by atomic mass is 9.99. The standard InChI is InChI=1S/C51H33N3O/c1-2-12-38(13-3-1)53(40-27-22-36(23-28-40)43-17-9-19-48-51(43)45-30-31-52-33-49(45)55-48)39-25-20-34(21-26-39)37-11-8-14-41(32-37)54-46-18-7-6-16-44(46)50-42-15-5-4-10-35(42)24-29-47(50)54/h1-33H. The summed E-state index contributed by atoms with van der Waals surface area (Å²) < 4.78 is 8.54.